The number of hydrogen-bond donors (Lipinski definition) is 0. The molecule has 5 nitrogen and oxygen atoms in total. The van der Waals surface area contributed by atoms with Crippen LogP contribution in [0.5, 0.6) is 0 Å². The lowest BCUT2D eigenvalue weighted by Crippen LogP contribution is -2.24. The maximum atomic E-state index is 12.5. The van der Waals surface area contributed by atoms with Crippen molar-refractivity contribution < 1.29 is 9.32 Å². The molecular formula is C22H23N3O2. The molecule has 4 rings (SSSR count). The Morgan fingerprint density at radius 2 is 1.89 bits per heavy atom. The molecule has 3 aromatic rings. The SMILES string of the molecule is CCCCc1ccc(N2CC(c3noc(-c4ccccc4)n3)CC2=O)cc1. The molecule has 1 amide bonds. The molecule has 27 heavy (non-hydrogen) atoms. The van der Waals surface area contributed by atoms with Crippen molar-refractivity contribution in [1.82, 2.24) is 10.1 Å². The van der Waals surface area contributed by atoms with E-state index < -0.39 is 0 Å². The number of benzene rings is 2. The predicted molar refractivity (Wildman–Crippen MR) is 104 cm³/mol. The van der Waals surface area contributed by atoms with Crippen LogP contribution in [0.4, 0.5) is 5.69 Å². The molecule has 1 aliphatic heterocycles. The molecule has 1 fully saturated rings. The first-order chi connectivity index (χ1) is 13.2. The number of rotatable bonds is 6. The summed E-state index contributed by atoms with van der Waals surface area (Å²) in [5.41, 5.74) is 3.14. The maximum absolute atomic E-state index is 12.5. The van der Waals surface area contributed by atoms with Crippen LogP contribution in [0.15, 0.2) is 59.1 Å². The number of carbonyl (C=O) groups is 1. The van der Waals surface area contributed by atoms with Crippen LogP contribution in [0.1, 0.15) is 43.5 Å². The lowest BCUT2D eigenvalue weighted by atomic mass is 10.1. The Hall–Kier alpha value is -2.95. The van der Waals surface area contributed by atoms with Crippen LogP contribution in [0.25, 0.3) is 11.5 Å². The van der Waals surface area contributed by atoms with Gasteiger partial charge in [-0.05, 0) is 42.7 Å². The second kappa shape index (κ2) is 7.74. The molecule has 0 spiro atoms. The van der Waals surface area contributed by atoms with Crippen molar-refractivity contribution in [3.05, 3.63) is 66.0 Å². The number of nitrogens with zero attached hydrogens (tertiary/aromatic N) is 3. The van der Waals surface area contributed by atoms with Gasteiger partial charge in [0.05, 0.1) is 0 Å². The molecule has 0 bridgehead atoms. The van der Waals surface area contributed by atoms with Gasteiger partial charge in [-0.25, -0.2) is 0 Å². The van der Waals surface area contributed by atoms with E-state index in [2.05, 4.69) is 29.2 Å². The third kappa shape index (κ3) is 3.77. The van der Waals surface area contributed by atoms with Gasteiger partial charge in [0, 0.05) is 30.1 Å². The summed E-state index contributed by atoms with van der Waals surface area (Å²) in [4.78, 5) is 18.9. The van der Waals surface area contributed by atoms with Crippen molar-refractivity contribution >= 4 is 11.6 Å². The van der Waals surface area contributed by atoms with E-state index in [0.717, 1.165) is 17.7 Å². The monoisotopic (exact) mass is 361 g/mol. The van der Waals surface area contributed by atoms with Crippen LogP contribution in [-0.2, 0) is 11.2 Å². The molecule has 1 aromatic heterocycles. The highest BCUT2D eigenvalue weighted by Gasteiger charge is 2.34. The molecule has 0 aliphatic carbocycles. The van der Waals surface area contributed by atoms with Crippen molar-refractivity contribution in [2.45, 2.75) is 38.5 Å². The Labute approximate surface area is 159 Å². The predicted octanol–water partition coefficient (Wildman–Crippen LogP) is 4.60. The van der Waals surface area contributed by atoms with Crippen LogP contribution < -0.4 is 4.90 Å². The Balaban J connectivity index is 1.47. The summed E-state index contributed by atoms with van der Waals surface area (Å²) in [6, 6.07) is 18.0. The fourth-order valence-corrected chi connectivity index (χ4v) is 3.45. The Morgan fingerprint density at radius 1 is 1.11 bits per heavy atom. The molecule has 0 N–H and O–H groups in total. The first-order valence-electron chi connectivity index (χ1n) is 9.53. The first kappa shape index (κ1) is 17.5. The molecule has 1 unspecified atom stereocenters. The number of amides is 1. The molecule has 0 saturated carbocycles. The van der Waals surface area contributed by atoms with Crippen LogP contribution in [0.3, 0.4) is 0 Å². The van der Waals surface area contributed by atoms with E-state index in [4.69, 9.17) is 4.52 Å². The van der Waals surface area contributed by atoms with Gasteiger partial charge in [0.25, 0.3) is 5.89 Å². The topological polar surface area (TPSA) is 59.2 Å². The summed E-state index contributed by atoms with van der Waals surface area (Å²) in [5, 5.41) is 4.12. The lowest BCUT2D eigenvalue weighted by Gasteiger charge is -2.16. The van der Waals surface area contributed by atoms with Gasteiger partial charge in [0.2, 0.25) is 5.91 Å². The summed E-state index contributed by atoms with van der Waals surface area (Å²) in [6.45, 7) is 2.78. The van der Waals surface area contributed by atoms with E-state index in [-0.39, 0.29) is 11.8 Å². The summed E-state index contributed by atoms with van der Waals surface area (Å²) >= 11 is 0. The van der Waals surface area contributed by atoms with Crippen molar-refractivity contribution in [2.75, 3.05) is 11.4 Å². The highest BCUT2D eigenvalue weighted by atomic mass is 16.5. The van der Waals surface area contributed by atoms with Gasteiger partial charge in [-0.1, -0.05) is 48.8 Å². The maximum Gasteiger partial charge on any atom is 0.257 e. The van der Waals surface area contributed by atoms with E-state index in [1.807, 2.05) is 47.4 Å². The third-order valence-corrected chi connectivity index (χ3v) is 5.02. The van der Waals surface area contributed by atoms with E-state index in [1.54, 1.807) is 0 Å². The number of aromatic nitrogens is 2. The van der Waals surface area contributed by atoms with E-state index in [0.29, 0.717) is 24.7 Å². The standard InChI is InChI=1S/C22H23N3O2/c1-2-3-7-16-10-12-19(13-11-16)25-15-18(14-20(25)26)21-23-22(27-24-21)17-8-5-4-6-9-17/h4-6,8-13,18H,2-3,7,14-15H2,1H3. The fourth-order valence-electron chi connectivity index (χ4n) is 3.45. The number of anilines is 1. The lowest BCUT2D eigenvalue weighted by molar-refractivity contribution is -0.117. The van der Waals surface area contributed by atoms with Crippen LogP contribution in [0, 0.1) is 0 Å². The largest absolute Gasteiger partial charge is 0.334 e. The minimum absolute atomic E-state index is 0.0431. The van der Waals surface area contributed by atoms with Crippen LogP contribution in [0.2, 0.25) is 0 Å². The minimum atomic E-state index is -0.0431. The number of hydrogen-bond acceptors (Lipinski definition) is 4. The quantitative estimate of drug-likeness (QED) is 0.644. The summed E-state index contributed by atoms with van der Waals surface area (Å²) in [7, 11) is 0. The average molecular weight is 361 g/mol. The molecule has 1 atom stereocenters. The van der Waals surface area contributed by atoms with Crippen molar-refractivity contribution in [2.24, 2.45) is 0 Å². The number of aryl methyl sites for hydroxylation is 1. The molecule has 2 heterocycles. The van der Waals surface area contributed by atoms with Gasteiger partial charge >= 0.3 is 0 Å². The van der Waals surface area contributed by atoms with E-state index in [1.165, 1.54) is 18.4 Å². The molecule has 138 valence electrons. The highest BCUT2D eigenvalue weighted by molar-refractivity contribution is 5.96. The average Bonchev–Trinajstić information content (AvgIpc) is 3.34. The molecule has 2 aromatic carbocycles. The van der Waals surface area contributed by atoms with Crippen molar-refractivity contribution in [3.63, 3.8) is 0 Å². The van der Waals surface area contributed by atoms with Gasteiger partial charge in [0.1, 0.15) is 0 Å². The molecule has 1 saturated heterocycles. The van der Waals surface area contributed by atoms with Crippen LogP contribution >= 0.6 is 0 Å². The third-order valence-electron chi connectivity index (χ3n) is 5.02. The molecular weight excluding hydrogens is 338 g/mol. The van der Waals surface area contributed by atoms with Crippen molar-refractivity contribution in [1.29, 1.82) is 0 Å². The van der Waals surface area contributed by atoms with Gasteiger partial charge in [0.15, 0.2) is 5.82 Å². The van der Waals surface area contributed by atoms with Crippen molar-refractivity contribution in [3.8, 4) is 11.5 Å². The first-order valence-corrected chi connectivity index (χ1v) is 9.53. The smallest absolute Gasteiger partial charge is 0.257 e. The summed E-state index contributed by atoms with van der Waals surface area (Å²) in [5.74, 6) is 1.16. The fraction of sp³-hybridized carbons (Fsp3) is 0.318. The Bertz CT molecular complexity index is 903. The zero-order chi connectivity index (χ0) is 18.6. The summed E-state index contributed by atoms with van der Waals surface area (Å²) in [6.07, 6.45) is 3.86. The van der Waals surface area contributed by atoms with E-state index in [9.17, 15) is 4.79 Å². The second-order valence-corrected chi connectivity index (χ2v) is 7.00. The Kier molecular flexibility index (Phi) is 5.01. The number of carbonyl (C=O) groups excluding carboxylic acids is 1. The van der Waals surface area contributed by atoms with Gasteiger partial charge in [-0.2, -0.15) is 4.98 Å². The summed E-state index contributed by atoms with van der Waals surface area (Å²) < 4.78 is 5.40. The molecule has 1 aliphatic rings. The zero-order valence-electron chi connectivity index (χ0n) is 15.5. The van der Waals surface area contributed by atoms with Gasteiger partial charge in [-0.3, -0.25) is 4.79 Å². The Morgan fingerprint density at radius 3 is 2.63 bits per heavy atom. The molecule has 5 heteroatoms. The van der Waals surface area contributed by atoms with Gasteiger partial charge in [-0.15, -0.1) is 0 Å². The minimum Gasteiger partial charge on any atom is -0.334 e. The molecule has 0 radical (unpaired) electrons. The van der Waals surface area contributed by atoms with Crippen LogP contribution in [-0.4, -0.2) is 22.6 Å². The number of unbranched alkanes of at least 4 members (excludes halogenated alkanes) is 1. The highest BCUT2D eigenvalue weighted by Crippen LogP contribution is 2.31. The van der Waals surface area contributed by atoms with E-state index >= 15 is 0 Å². The second-order valence-electron chi connectivity index (χ2n) is 7.00. The zero-order valence-corrected chi connectivity index (χ0v) is 15.5. The normalized spacial score (nSPS) is 16.9. The van der Waals surface area contributed by atoms with Gasteiger partial charge < -0.3 is 9.42 Å².